The minimum atomic E-state index is -3.34. The number of hydrogen-bond donors (Lipinski definition) is 2. The van der Waals surface area contributed by atoms with Gasteiger partial charge in [0.2, 0.25) is 0 Å². The highest BCUT2D eigenvalue weighted by Gasteiger charge is 2.15. The van der Waals surface area contributed by atoms with E-state index in [2.05, 4.69) is 5.32 Å². The molecule has 0 saturated carbocycles. The molecule has 0 radical (unpaired) electrons. The van der Waals surface area contributed by atoms with Crippen molar-refractivity contribution in [3.05, 3.63) is 54.1 Å². The van der Waals surface area contributed by atoms with Crippen LogP contribution in [0.15, 0.2) is 53.4 Å². The fourth-order valence-electron chi connectivity index (χ4n) is 2.28. The molecule has 0 fully saturated rings. The van der Waals surface area contributed by atoms with Crippen LogP contribution in [-0.4, -0.2) is 37.8 Å². The van der Waals surface area contributed by atoms with Gasteiger partial charge in [-0.1, -0.05) is 19.4 Å². The van der Waals surface area contributed by atoms with Gasteiger partial charge >= 0.3 is 5.97 Å². The monoisotopic (exact) mass is 391 g/mol. The first-order valence-electron chi connectivity index (χ1n) is 8.40. The van der Waals surface area contributed by atoms with E-state index in [0.717, 1.165) is 6.42 Å². The molecule has 2 aromatic carbocycles. The Labute approximate surface area is 157 Å². The molecular weight excluding hydrogens is 370 g/mol. The molecule has 2 aromatic rings. The maximum Gasteiger partial charge on any atom is 0.341 e. The number of sulfone groups is 1. The van der Waals surface area contributed by atoms with Crippen LogP contribution in [0.2, 0.25) is 0 Å². The molecule has 144 valence electrons. The predicted octanol–water partition coefficient (Wildman–Crippen LogP) is 2.98. The fourth-order valence-corrected chi connectivity index (χ4v) is 3.73. The molecule has 0 heterocycles. The first-order valence-corrected chi connectivity index (χ1v) is 10.1. The summed E-state index contributed by atoms with van der Waals surface area (Å²) in [4.78, 5) is 23.1. The van der Waals surface area contributed by atoms with E-state index in [9.17, 15) is 18.0 Å². The van der Waals surface area contributed by atoms with Gasteiger partial charge in [0.05, 0.1) is 10.6 Å². The van der Waals surface area contributed by atoms with Crippen LogP contribution < -0.4 is 10.1 Å². The number of aliphatic carboxylic acids is 1. The lowest BCUT2D eigenvalue weighted by Gasteiger charge is -2.09. The average molecular weight is 391 g/mol. The zero-order valence-corrected chi connectivity index (χ0v) is 15.7. The molecule has 27 heavy (non-hydrogen) atoms. The SMILES string of the molecule is CCCCS(=O)(=O)c1ccc(C(=O)Nc2cccc(OCC(=O)O)c2)cc1. The van der Waals surface area contributed by atoms with Crippen LogP contribution in [0.1, 0.15) is 30.1 Å². The van der Waals surface area contributed by atoms with Crippen LogP contribution in [0.3, 0.4) is 0 Å². The number of carbonyl (C=O) groups excluding carboxylic acids is 1. The van der Waals surface area contributed by atoms with Crippen LogP contribution in [0, 0.1) is 0 Å². The van der Waals surface area contributed by atoms with Gasteiger partial charge in [0.1, 0.15) is 5.75 Å². The number of amides is 1. The van der Waals surface area contributed by atoms with Gasteiger partial charge in [-0.3, -0.25) is 4.79 Å². The van der Waals surface area contributed by atoms with E-state index in [1.807, 2.05) is 6.92 Å². The quantitative estimate of drug-likeness (QED) is 0.680. The van der Waals surface area contributed by atoms with E-state index in [4.69, 9.17) is 9.84 Å². The summed E-state index contributed by atoms with van der Waals surface area (Å²) >= 11 is 0. The second-order valence-electron chi connectivity index (χ2n) is 5.86. The Kier molecular flexibility index (Phi) is 6.95. The summed E-state index contributed by atoms with van der Waals surface area (Å²) in [6.07, 6.45) is 1.37. The van der Waals surface area contributed by atoms with Crippen LogP contribution >= 0.6 is 0 Å². The van der Waals surface area contributed by atoms with E-state index in [0.29, 0.717) is 23.4 Å². The maximum atomic E-state index is 12.3. The highest BCUT2D eigenvalue weighted by molar-refractivity contribution is 7.91. The Hall–Kier alpha value is -2.87. The van der Waals surface area contributed by atoms with Gasteiger partial charge in [0.15, 0.2) is 16.4 Å². The number of hydrogen-bond acceptors (Lipinski definition) is 5. The van der Waals surface area contributed by atoms with Crippen LogP contribution in [0.5, 0.6) is 5.75 Å². The molecule has 7 nitrogen and oxygen atoms in total. The largest absolute Gasteiger partial charge is 0.482 e. The Morgan fingerprint density at radius 2 is 1.81 bits per heavy atom. The number of anilines is 1. The van der Waals surface area contributed by atoms with Crippen molar-refractivity contribution in [2.75, 3.05) is 17.7 Å². The Morgan fingerprint density at radius 3 is 2.44 bits per heavy atom. The summed E-state index contributed by atoms with van der Waals surface area (Å²) in [6, 6.07) is 12.1. The minimum Gasteiger partial charge on any atom is -0.482 e. The first-order chi connectivity index (χ1) is 12.8. The molecule has 0 atom stereocenters. The molecule has 0 bridgehead atoms. The van der Waals surface area contributed by atoms with Gasteiger partial charge < -0.3 is 15.2 Å². The standard InChI is InChI=1S/C19H21NO6S/c1-2-3-11-27(24,25)17-9-7-14(8-10-17)19(23)20-15-5-4-6-16(12-15)26-13-18(21)22/h4-10,12H,2-3,11,13H2,1H3,(H,20,23)(H,21,22). The zero-order valence-electron chi connectivity index (χ0n) is 14.8. The third-order valence-corrected chi connectivity index (χ3v) is 5.51. The number of nitrogens with one attached hydrogen (secondary N) is 1. The zero-order chi connectivity index (χ0) is 19.9. The summed E-state index contributed by atoms with van der Waals surface area (Å²) in [5, 5.41) is 11.3. The lowest BCUT2D eigenvalue weighted by Crippen LogP contribution is -2.13. The van der Waals surface area contributed by atoms with Crippen molar-refractivity contribution in [1.82, 2.24) is 0 Å². The van der Waals surface area contributed by atoms with Crippen molar-refractivity contribution in [3.8, 4) is 5.75 Å². The number of carboxylic acid groups (broad SMARTS) is 1. The topological polar surface area (TPSA) is 110 Å². The van der Waals surface area contributed by atoms with Gasteiger partial charge in [-0.05, 0) is 42.8 Å². The molecule has 2 N–H and O–H groups in total. The molecule has 2 rings (SSSR count). The lowest BCUT2D eigenvalue weighted by molar-refractivity contribution is -0.139. The van der Waals surface area contributed by atoms with E-state index in [1.54, 1.807) is 18.2 Å². The Balaban J connectivity index is 2.06. The van der Waals surface area contributed by atoms with Gasteiger partial charge in [-0.25, -0.2) is 13.2 Å². The molecule has 0 aliphatic heterocycles. The van der Waals surface area contributed by atoms with Gasteiger partial charge in [-0.2, -0.15) is 0 Å². The number of carboxylic acids is 1. The Bertz CT molecular complexity index is 906. The number of unbranched alkanes of at least 4 members (excludes halogenated alkanes) is 1. The normalized spacial score (nSPS) is 11.0. The molecule has 0 aliphatic carbocycles. The Morgan fingerprint density at radius 1 is 1.11 bits per heavy atom. The third-order valence-electron chi connectivity index (χ3n) is 3.70. The summed E-state index contributed by atoms with van der Waals surface area (Å²) < 4.78 is 29.4. The van der Waals surface area contributed by atoms with E-state index in [1.165, 1.54) is 30.3 Å². The second-order valence-corrected chi connectivity index (χ2v) is 7.97. The first kappa shape index (κ1) is 20.4. The van der Waals surface area contributed by atoms with Crippen molar-refractivity contribution in [2.45, 2.75) is 24.7 Å². The van der Waals surface area contributed by atoms with Crippen LogP contribution in [-0.2, 0) is 14.6 Å². The average Bonchev–Trinajstić information content (AvgIpc) is 2.65. The van der Waals surface area contributed by atoms with Crippen molar-refractivity contribution in [2.24, 2.45) is 0 Å². The number of ether oxygens (including phenoxy) is 1. The van der Waals surface area contributed by atoms with Crippen molar-refractivity contribution in [3.63, 3.8) is 0 Å². The molecule has 0 spiro atoms. The molecule has 0 aromatic heterocycles. The van der Waals surface area contributed by atoms with E-state index >= 15 is 0 Å². The van der Waals surface area contributed by atoms with E-state index < -0.39 is 28.3 Å². The molecule has 8 heteroatoms. The highest BCUT2D eigenvalue weighted by atomic mass is 32.2. The molecule has 1 amide bonds. The number of benzene rings is 2. The smallest absolute Gasteiger partial charge is 0.341 e. The summed E-state index contributed by atoms with van der Waals surface area (Å²) in [5.41, 5.74) is 0.740. The van der Waals surface area contributed by atoms with Gasteiger partial charge in [0.25, 0.3) is 5.91 Å². The highest BCUT2D eigenvalue weighted by Crippen LogP contribution is 2.19. The predicted molar refractivity (Wildman–Crippen MR) is 101 cm³/mol. The minimum absolute atomic E-state index is 0.0815. The third kappa shape index (κ3) is 6.10. The summed E-state index contributed by atoms with van der Waals surface area (Å²) in [7, 11) is -3.34. The maximum absolute atomic E-state index is 12.3. The van der Waals surface area contributed by atoms with Crippen LogP contribution in [0.25, 0.3) is 0 Å². The number of rotatable bonds is 9. The van der Waals surface area contributed by atoms with Gasteiger partial charge in [0, 0.05) is 17.3 Å². The van der Waals surface area contributed by atoms with Gasteiger partial charge in [-0.15, -0.1) is 0 Å². The molecule has 0 unspecified atom stereocenters. The molecule has 0 saturated heterocycles. The number of carbonyl (C=O) groups is 2. The fraction of sp³-hybridized carbons (Fsp3) is 0.263. The van der Waals surface area contributed by atoms with Crippen molar-refractivity contribution < 1.29 is 27.9 Å². The summed E-state index contributed by atoms with van der Waals surface area (Å²) in [6.45, 7) is 1.44. The van der Waals surface area contributed by atoms with E-state index in [-0.39, 0.29) is 10.6 Å². The van der Waals surface area contributed by atoms with Crippen LogP contribution in [0.4, 0.5) is 5.69 Å². The molecular formula is C19H21NO6S. The van der Waals surface area contributed by atoms with Crippen molar-refractivity contribution >= 4 is 27.4 Å². The summed E-state index contributed by atoms with van der Waals surface area (Å²) in [5.74, 6) is -1.12. The van der Waals surface area contributed by atoms with Crippen molar-refractivity contribution in [1.29, 1.82) is 0 Å². The second kappa shape index (κ2) is 9.18. The molecule has 0 aliphatic rings. The lowest BCUT2D eigenvalue weighted by atomic mass is 10.2.